The minimum absolute atomic E-state index is 0.0409. The summed E-state index contributed by atoms with van der Waals surface area (Å²) in [6.07, 6.45) is 3.61. The molecule has 0 radical (unpaired) electrons. The minimum atomic E-state index is -3.67. The summed E-state index contributed by atoms with van der Waals surface area (Å²) in [5, 5.41) is 0.709. The van der Waals surface area contributed by atoms with Crippen molar-refractivity contribution >= 4 is 44.8 Å². The number of aryl methyl sites for hydroxylation is 1. The van der Waals surface area contributed by atoms with Gasteiger partial charge in [0.25, 0.3) is 0 Å². The molecular weight excluding hydrogens is 548 g/mol. The molecule has 6 rings (SSSR count). The van der Waals surface area contributed by atoms with Crippen LogP contribution in [0.4, 0.5) is 11.4 Å². The molecule has 3 heterocycles. The molecule has 1 aliphatic carbocycles. The Hall–Kier alpha value is -2.62. The van der Waals surface area contributed by atoms with Gasteiger partial charge in [0.1, 0.15) is 0 Å². The van der Waals surface area contributed by atoms with E-state index < -0.39 is 10.0 Å². The van der Waals surface area contributed by atoms with E-state index in [0.29, 0.717) is 50.5 Å². The highest BCUT2D eigenvalue weighted by molar-refractivity contribution is 7.89. The number of carbonyl (C=O) groups excluding carboxylic acids is 2. The second kappa shape index (κ2) is 10.7. The highest BCUT2D eigenvalue weighted by atomic mass is 35.5. The van der Waals surface area contributed by atoms with Gasteiger partial charge in [-0.15, -0.1) is 0 Å². The predicted molar refractivity (Wildman–Crippen MR) is 156 cm³/mol. The smallest absolute Gasteiger partial charge is 0.243 e. The van der Waals surface area contributed by atoms with Gasteiger partial charge in [-0.2, -0.15) is 4.31 Å². The molecule has 10 heteroatoms. The molecule has 214 valence electrons. The summed E-state index contributed by atoms with van der Waals surface area (Å²) in [4.78, 5) is 32.4. The molecule has 4 aliphatic rings. The molecule has 0 N–H and O–H groups in total. The molecule has 1 saturated carbocycles. The molecule has 8 nitrogen and oxygen atoms in total. The quantitative estimate of drug-likeness (QED) is 0.529. The van der Waals surface area contributed by atoms with Crippen LogP contribution in [0, 0.1) is 18.8 Å². The van der Waals surface area contributed by atoms with Gasteiger partial charge in [0.15, 0.2) is 0 Å². The Balaban J connectivity index is 1.06. The fourth-order valence-corrected chi connectivity index (χ4v) is 8.16. The lowest BCUT2D eigenvalue weighted by atomic mass is 9.96. The third-order valence-corrected chi connectivity index (χ3v) is 11.1. The largest absolute Gasteiger partial charge is 0.368 e. The first-order valence-electron chi connectivity index (χ1n) is 14.4. The minimum Gasteiger partial charge on any atom is -0.368 e. The summed E-state index contributed by atoms with van der Waals surface area (Å²) >= 11 is 6.21. The molecule has 2 aromatic carbocycles. The molecule has 0 spiro atoms. The maximum atomic E-state index is 13.5. The number of carbonyl (C=O) groups is 2. The standard InChI is InChI=1S/C30H37ClN4O4S/c1-20-3-6-25(31)19-28(20)32-13-15-33(16-14-32)29(36)23-9-11-34(12-10-23)40(38,39)26-7-8-27-24(18-26)17-21(2)35(27)30(37)22-4-5-22/h3,6-8,18-19,21-23H,4-5,9-17H2,1-2H3. The van der Waals surface area contributed by atoms with Crippen LogP contribution in [0.5, 0.6) is 0 Å². The number of benzene rings is 2. The highest BCUT2D eigenvalue weighted by Crippen LogP contribution is 2.40. The fourth-order valence-electron chi connectivity index (χ4n) is 6.47. The van der Waals surface area contributed by atoms with Crippen molar-refractivity contribution in [3.05, 3.63) is 52.5 Å². The molecule has 2 saturated heterocycles. The predicted octanol–water partition coefficient (Wildman–Crippen LogP) is 4.09. The molecule has 40 heavy (non-hydrogen) atoms. The van der Waals surface area contributed by atoms with Gasteiger partial charge in [0.2, 0.25) is 21.8 Å². The van der Waals surface area contributed by atoms with Gasteiger partial charge in [0, 0.05) is 73.5 Å². The molecule has 0 aromatic heterocycles. The number of hydrogen-bond acceptors (Lipinski definition) is 5. The van der Waals surface area contributed by atoms with Crippen molar-refractivity contribution in [1.29, 1.82) is 0 Å². The lowest BCUT2D eigenvalue weighted by molar-refractivity contribution is -0.137. The first kappa shape index (κ1) is 27.5. The number of nitrogens with zero attached hydrogens (tertiary/aromatic N) is 4. The van der Waals surface area contributed by atoms with Gasteiger partial charge in [-0.05, 0) is 87.4 Å². The molecular formula is C30H37ClN4O4S. The Morgan fingerprint density at radius 2 is 1.50 bits per heavy atom. The maximum Gasteiger partial charge on any atom is 0.243 e. The van der Waals surface area contributed by atoms with Crippen LogP contribution >= 0.6 is 11.6 Å². The van der Waals surface area contributed by atoms with Crippen LogP contribution in [0.3, 0.4) is 0 Å². The van der Waals surface area contributed by atoms with Crippen LogP contribution in [0.1, 0.15) is 43.7 Å². The van der Waals surface area contributed by atoms with Crippen molar-refractivity contribution in [3.63, 3.8) is 0 Å². The van der Waals surface area contributed by atoms with Gasteiger partial charge in [-0.25, -0.2) is 8.42 Å². The Labute approximate surface area is 241 Å². The first-order chi connectivity index (χ1) is 19.1. The highest BCUT2D eigenvalue weighted by Gasteiger charge is 2.40. The van der Waals surface area contributed by atoms with Crippen molar-refractivity contribution in [2.24, 2.45) is 11.8 Å². The zero-order valence-corrected chi connectivity index (χ0v) is 24.8. The van der Waals surface area contributed by atoms with Crippen molar-refractivity contribution < 1.29 is 18.0 Å². The molecule has 1 unspecified atom stereocenters. The lowest BCUT2D eigenvalue weighted by Crippen LogP contribution is -2.52. The second-order valence-corrected chi connectivity index (χ2v) is 14.1. The number of piperidine rings is 1. The number of anilines is 2. The van der Waals surface area contributed by atoms with Crippen molar-refractivity contribution in [1.82, 2.24) is 9.21 Å². The van der Waals surface area contributed by atoms with Gasteiger partial charge >= 0.3 is 0 Å². The van der Waals surface area contributed by atoms with E-state index in [1.54, 1.807) is 18.2 Å². The Morgan fingerprint density at radius 1 is 0.825 bits per heavy atom. The van der Waals surface area contributed by atoms with E-state index >= 15 is 0 Å². The van der Waals surface area contributed by atoms with Gasteiger partial charge < -0.3 is 14.7 Å². The van der Waals surface area contributed by atoms with Crippen molar-refractivity contribution in [2.45, 2.75) is 56.9 Å². The fraction of sp³-hybridized carbons (Fsp3) is 0.533. The van der Waals surface area contributed by atoms with E-state index in [0.717, 1.165) is 42.9 Å². The van der Waals surface area contributed by atoms with E-state index in [1.807, 2.05) is 34.9 Å². The van der Waals surface area contributed by atoms with E-state index in [-0.39, 0.29) is 34.6 Å². The number of fused-ring (bicyclic) bond motifs is 1. The Morgan fingerprint density at radius 3 is 2.17 bits per heavy atom. The van der Waals surface area contributed by atoms with Gasteiger partial charge in [-0.3, -0.25) is 9.59 Å². The van der Waals surface area contributed by atoms with Gasteiger partial charge in [-0.1, -0.05) is 17.7 Å². The third-order valence-electron chi connectivity index (χ3n) is 8.97. The van der Waals surface area contributed by atoms with Crippen LogP contribution in [0.2, 0.25) is 5.02 Å². The molecule has 3 aliphatic heterocycles. The van der Waals surface area contributed by atoms with Crippen LogP contribution in [0.25, 0.3) is 0 Å². The molecule has 2 aromatic rings. The van der Waals surface area contributed by atoms with E-state index in [2.05, 4.69) is 11.8 Å². The topological polar surface area (TPSA) is 81.2 Å². The molecule has 0 bridgehead atoms. The second-order valence-electron chi connectivity index (χ2n) is 11.7. The lowest BCUT2D eigenvalue weighted by Gasteiger charge is -2.39. The summed E-state index contributed by atoms with van der Waals surface area (Å²) < 4.78 is 28.6. The van der Waals surface area contributed by atoms with Crippen LogP contribution in [-0.4, -0.2) is 74.7 Å². The van der Waals surface area contributed by atoms with Crippen molar-refractivity contribution in [3.8, 4) is 0 Å². The Kier molecular flexibility index (Phi) is 7.34. The van der Waals surface area contributed by atoms with E-state index in [4.69, 9.17) is 11.6 Å². The summed E-state index contributed by atoms with van der Waals surface area (Å²) in [5.74, 6) is 0.256. The summed E-state index contributed by atoms with van der Waals surface area (Å²) in [7, 11) is -3.67. The first-order valence-corrected chi connectivity index (χ1v) is 16.2. The van der Waals surface area contributed by atoms with Gasteiger partial charge in [0.05, 0.1) is 4.90 Å². The number of amides is 2. The van der Waals surface area contributed by atoms with Crippen LogP contribution < -0.4 is 9.80 Å². The van der Waals surface area contributed by atoms with E-state index in [1.165, 1.54) is 9.87 Å². The SMILES string of the molecule is Cc1ccc(Cl)cc1N1CCN(C(=O)C2CCN(S(=O)(=O)c3ccc4c(c3)CC(C)N4C(=O)C3CC3)CC2)CC1. The average molecular weight is 585 g/mol. The summed E-state index contributed by atoms with van der Waals surface area (Å²) in [6, 6.07) is 11.1. The third kappa shape index (κ3) is 5.12. The van der Waals surface area contributed by atoms with E-state index in [9.17, 15) is 18.0 Å². The monoisotopic (exact) mass is 584 g/mol. The summed E-state index contributed by atoms with van der Waals surface area (Å²) in [5.41, 5.74) is 4.04. The number of rotatable bonds is 5. The Bertz CT molecular complexity index is 1430. The van der Waals surface area contributed by atoms with Crippen LogP contribution in [0.15, 0.2) is 41.3 Å². The average Bonchev–Trinajstić information content (AvgIpc) is 3.75. The zero-order chi connectivity index (χ0) is 28.2. The van der Waals surface area contributed by atoms with Crippen LogP contribution in [-0.2, 0) is 26.0 Å². The number of halogens is 1. The number of piperazine rings is 1. The molecule has 1 atom stereocenters. The normalized spacial score (nSPS) is 22.5. The zero-order valence-electron chi connectivity index (χ0n) is 23.2. The summed E-state index contributed by atoms with van der Waals surface area (Å²) in [6.45, 7) is 7.56. The number of hydrogen-bond donors (Lipinski definition) is 0. The number of sulfonamides is 1. The molecule has 3 fully saturated rings. The maximum absolute atomic E-state index is 13.5. The van der Waals surface area contributed by atoms with Crippen molar-refractivity contribution in [2.75, 3.05) is 49.1 Å². The molecule has 2 amide bonds.